The summed E-state index contributed by atoms with van der Waals surface area (Å²) in [4.78, 5) is 0. The largest absolute Gasteiger partial charge is 0.508 e. The minimum Gasteiger partial charge on any atom is -0.508 e. The Labute approximate surface area is 105 Å². The first-order valence-corrected chi connectivity index (χ1v) is 5.64. The van der Waals surface area contributed by atoms with Crippen molar-refractivity contribution in [2.24, 2.45) is 10.2 Å². The van der Waals surface area contributed by atoms with Gasteiger partial charge in [-0.15, -0.1) is 0 Å². The Kier molecular flexibility index (Phi) is 3.91. The van der Waals surface area contributed by atoms with Crippen LogP contribution in [0.25, 0.3) is 0 Å². The fraction of sp³-hybridized carbons (Fsp3) is 0.143. The maximum absolute atomic E-state index is 9.53. The second-order valence-electron chi connectivity index (χ2n) is 3.86. The zero-order valence-corrected chi connectivity index (χ0v) is 9.82. The van der Waals surface area contributed by atoms with E-state index in [2.05, 4.69) is 10.2 Å². The highest BCUT2D eigenvalue weighted by molar-refractivity contribution is 5.32. The monoisotopic (exact) mass is 242 g/mol. The molecule has 0 fully saturated rings. The van der Waals surface area contributed by atoms with Gasteiger partial charge in [-0.1, -0.05) is 36.4 Å². The van der Waals surface area contributed by atoms with Gasteiger partial charge in [-0.05, 0) is 12.1 Å². The molecular formula is C14H14N2O2. The van der Waals surface area contributed by atoms with Gasteiger partial charge >= 0.3 is 0 Å². The lowest BCUT2D eigenvalue weighted by molar-refractivity contribution is 0.465. The molecule has 0 saturated carbocycles. The van der Waals surface area contributed by atoms with Crippen LogP contribution in [0.5, 0.6) is 11.5 Å². The van der Waals surface area contributed by atoms with Crippen molar-refractivity contribution < 1.29 is 10.2 Å². The van der Waals surface area contributed by atoms with Gasteiger partial charge < -0.3 is 10.2 Å². The minimum absolute atomic E-state index is 0.221. The van der Waals surface area contributed by atoms with Gasteiger partial charge in [0.15, 0.2) is 0 Å². The minimum atomic E-state index is 0.221. The van der Waals surface area contributed by atoms with E-state index >= 15 is 0 Å². The number of nitrogens with zero attached hydrogens (tertiary/aromatic N) is 2. The summed E-state index contributed by atoms with van der Waals surface area (Å²) in [6, 6.07) is 14.0. The fourth-order valence-corrected chi connectivity index (χ4v) is 1.54. The van der Waals surface area contributed by atoms with Gasteiger partial charge in [0.2, 0.25) is 0 Å². The van der Waals surface area contributed by atoms with Crippen LogP contribution in [-0.4, -0.2) is 10.2 Å². The van der Waals surface area contributed by atoms with Crippen molar-refractivity contribution in [3.63, 3.8) is 0 Å². The summed E-state index contributed by atoms with van der Waals surface area (Å²) in [5, 5.41) is 27.0. The van der Waals surface area contributed by atoms with Gasteiger partial charge in [0, 0.05) is 11.1 Å². The molecule has 0 aliphatic rings. The quantitative estimate of drug-likeness (QED) is 0.808. The number of aromatic hydroxyl groups is 2. The molecule has 0 atom stereocenters. The van der Waals surface area contributed by atoms with E-state index in [1.165, 1.54) is 0 Å². The molecule has 4 nitrogen and oxygen atoms in total. The van der Waals surface area contributed by atoms with Crippen molar-refractivity contribution in [2.45, 2.75) is 13.1 Å². The van der Waals surface area contributed by atoms with Crippen LogP contribution in [0.4, 0.5) is 0 Å². The smallest absolute Gasteiger partial charge is 0.120 e. The normalized spacial score (nSPS) is 10.9. The highest BCUT2D eigenvalue weighted by atomic mass is 16.3. The van der Waals surface area contributed by atoms with E-state index in [1.807, 2.05) is 12.1 Å². The molecule has 4 heteroatoms. The van der Waals surface area contributed by atoms with Crippen LogP contribution in [0, 0.1) is 0 Å². The van der Waals surface area contributed by atoms with Crippen LogP contribution in [0.15, 0.2) is 58.8 Å². The zero-order valence-electron chi connectivity index (χ0n) is 9.82. The van der Waals surface area contributed by atoms with Gasteiger partial charge in [0.25, 0.3) is 0 Å². The lowest BCUT2D eigenvalue weighted by atomic mass is 10.2. The fourth-order valence-electron chi connectivity index (χ4n) is 1.54. The summed E-state index contributed by atoms with van der Waals surface area (Å²) in [7, 11) is 0. The summed E-state index contributed by atoms with van der Waals surface area (Å²) >= 11 is 0. The molecule has 92 valence electrons. The number of hydrogen-bond donors (Lipinski definition) is 2. The molecule has 0 aliphatic heterocycles. The first kappa shape index (κ1) is 12.1. The van der Waals surface area contributed by atoms with E-state index in [1.54, 1.807) is 36.4 Å². The van der Waals surface area contributed by atoms with Crippen molar-refractivity contribution in [1.82, 2.24) is 0 Å². The average Bonchev–Trinajstić information content (AvgIpc) is 2.38. The predicted octanol–water partition coefficient (Wildman–Crippen LogP) is 3.25. The molecule has 2 aromatic carbocycles. The Bertz CT molecular complexity index is 503. The summed E-state index contributed by atoms with van der Waals surface area (Å²) in [6.07, 6.45) is 0. The Morgan fingerprint density at radius 1 is 0.667 bits per heavy atom. The summed E-state index contributed by atoms with van der Waals surface area (Å²) in [6.45, 7) is 0.667. The van der Waals surface area contributed by atoms with Gasteiger partial charge in [-0.25, -0.2) is 0 Å². The maximum Gasteiger partial charge on any atom is 0.120 e. The molecule has 0 heterocycles. The van der Waals surface area contributed by atoms with E-state index < -0.39 is 0 Å². The SMILES string of the molecule is Oc1ccccc1CN=NCc1ccccc1O. The Balaban J connectivity index is 1.94. The van der Waals surface area contributed by atoms with Gasteiger partial charge in [0.05, 0.1) is 13.1 Å². The second-order valence-corrected chi connectivity index (χ2v) is 3.86. The van der Waals surface area contributed by atoms with Crippen LogP contribution in [0.2, 0.25) is 0 Å². The topological polar surface area (TPSA) is 65.2 Å². The number of hydrogen-bond acceptors (Lipinski definition) is 4. The standard InChI is InChI=1S/C14H14N2O2/c17-13-7-3-1-5-11(13)9-15-16-10-12-6-2-4-8-14(12)18/h1-8,17-18H,9-10H2. The van der Waals surface area contributed by atoms with Gasteiger partial charge in [-0.2, -0.15) is 10.2 Å². The Hall–Kier alpha value is -2.36. The first-order chi connectivity index (χ1) is 8.77. The van der Waals surface area contributed by atoms with E-state index in [9.17, 15) is 10.2 Å². The van der Waals surface area contributed by atoms with Crippen LogP contribution in [0.1, 0.15) is 11.1 Å². The molecule has 0 spiro atoms. The van der Waals surface area contributed by atoms with E-state index in [-0.39, 0.29) is 11.5 Å². The average molecular weight is 242 g/mol. The molecule has 0 radical (unpaired) electrons. The first-order valence-electron chi connectivity index (χ1n) is 5.64. The molecule has 0 bridgehead atoms. The molecule has 0 saturated heterocycles. The third kappa shape index (κ3) is 3.07. The zero-order chi connectivity index (χ0) is 12.8. The predicted molar refractivity (Wildman–Crippen MR) is 68.5 cm³/mol. The van der Waals surface area contributed by atoms with Gasteiger partial charge in [0.1, 0.15) is 11.5 Å². The van der Waals surface area contributed by atoms with E-state index in [4.69, 9.17) is 0 Å². The molecular weight excluding hydrogens is 228 g/mol. The molecule has 18 heavy (non-hydrogen) atoms. The van der Waals surface area contributed by atoms with E-state index in [0.717, 1.165) is 11.1 Å². The van der Waals surface area contributed by atoms with Crippen LogP contribution in [0.3, 0.4) is 0 Å². The number of phenolic OH excluding ortho intramolecular Hbond substituents is 2. The number of phenols is 2. The van der Waals surface area contributed by atoms with Crippen molar-refractivity contribution in [1.29, 1.82) is 0 Å². The molecule has 2 N–H and O–H groups in total. The summed E-state index contributed by atoms with van der Waals surface area (Å²) in [5.74, 6) is 0.443. The van der Waals surface area contributed by atoms with Crippen LogP contribution in [-0.2, 0) is 13.1 Å². The molecule has 0 aliphatic carbocycles. The lowest BCUT2D eigenvalue weighted by Gasteiger charge is -2.00. The molecule has 0 amide bonds. The molecule has 0 aromatic heterocycles. The Morgan fingerprint density at radius 3 is 1.44 bits per heavy atom. The van der Waals surface area contributed by atoms with Crippen LogP contribution >= 0.6 is 0 Å². The number of azo groups is 1. The lowest BCUT2D eigenvalue weighted by Crippen LogP contribution is -1.83. The number of para-hydroxylation sites is 2. The second kappa shape index (κ2) is 5.82. The highest BCUT2D eigenvalue weighted by Crippen LogP contribution is 2.18. The molecule has 2 aromatic rings. The van der Waals surface area contributed by atoms with Gasteiger partial charge in [-0.3, -0.25) is 0 Å². The van der Waals surface area contributed by atoms with Crippen LogP contribution < -0.4 is 0 Å². The third-order valence-electron chi connectivity index (χ3n) is 2.57. The molecule has 0 unspecified atom stereocenters. The summed E-state index contributed by atoms with van der Waals surface area (Å²) in [5.41, 5.74) is 1.47. The van der Waals surface area contributed by atoms with Crippen molar-refractivity contribution in [3.8, 4) is 11.5 Å². The third-order valence-corrected chi connectivity index (χ3v) is 2.57. The summed E-state index contributed by atoms with van der Waals surface area (Å²) < 4.78 is 0. The Morgan fingerprint density at radius 2 is 1.06 bits per heavy atom. The maximum atomic E-state index is 9.53. The van der Waals surface area contributed by atoms with Crippen molar-refractivity contribution >= 4 is 0 Å². The van der Waals surface area contributed by atoms with Crippen molar-refractivity contribution in [2.75, 3.05) is 0 Å². The number of benzene rings is 2. The number of rotatable bonds is 4. The van der Waals surface area contributed by atoms with Crippen molar-refractivity contribution in [3.05, 3.63) is 59.7 Å². The highest BCUT2D eigenvalue weighted by Gasteiger charge is 1.99. The van der Waals surface area contributed by atoms with E-state index in [0.29, 0.717) is 13.1 Å². The molecule has 2 rings (SSSR count).